The van der Waals surface area contributed by atoms with E-state index >= 15 is 0 Å². The van der Waals surface area contributed by atoms with E-state index in [-0.39, 0.29) is 0 Å². The van der Waals surface area contributed by atoms with Gasteiger partial charge < -0.3 is 5.11 Å². The number of fused-ring (bicyclic) bond motifs is 3. The molecule has 1 N–H and O–H groups in total. The minimum Gasteiger partial charge on any atom is -0.472 e. The van der Waals surface area contributed by atoms with Crippen LogP contribution in [-0.4, -0.2) is 11.1 Å². The van der Waals surface area contributed by atoms with Crippen molar-refractivity contribution in [3.63, 3.8) is 0 Å². The van der Waals surface area contributed by atoms with Crippen molar-refractivity contribution in [2.45, 2.75) is 25.2 Å². The van der Waals surface area contributed by atoms with Crippen LogP contribution in [0.4, 0.5) is 0 Å². The van der Waals surface area contributed by atoms with Crippen molar-refractivity contribution in [2.75, 3.05) is 0 Å². The Balaban J connectivity index is 1.80. The van der Waals surface area contributed by atoms with Crippen molar-refractivity contribution >= 4 is 5.97 Å². The fourth-order valence-electron chi connectivity index (χ4n) is 3.10. The molecule has 0 radical (unpaired) electrons. The number of rotatable bonds is 3. The summed E-state index contributed by atoms with van der Waals surface area (Å²) in [6, 6.07) is 17.1. The first-order valence-electron chi connectivity index (χ1n) is 7.17. The summed E-state index contributed by atoms with van der Waals surface area (Å²) in [7, 11) is 0. The number of aliphatic carboxylic acids is 1. The third-order valence-corrected chi connectivity index (χ3v) is 3.95. The summed E-state index contributed by atoms with van der Waals surface area (Å²) >= 11 is 0. The molecule has 0 fully saturated rings. The van der Waals surface area contributed by atoms with Crippen molar-refractivity contribution in [3.8, 4) is 23.0 Å². The zero-order chi connectivity index (χ0) is 14.7. The maximum atomic E-state index is 10.4. The third-order valence-electron chi connectivity index (χ3n) is 3.95. The summed E-state index contributed by atoms with van der Waals surface area (Å²) in [4.78, 5) is 10.4. The SMILES string of the molecule is O=C(O)C#CCCCC1c2ccccc2-c2ccccc21. The molecule has 2 nitrogen and oxygen atoms in total. The number of benzene rings is 2. The Labute approximate surface area is 124 Å². The molecule has 0 atom stereocenters. The van der Waals surface area contributed by atoms with Gasteiger partial charge in [-0.1, -0.05) is 54.5 Å². The van der Waals surface area contributed by atoms with Crippen LogP contribution in [0.15, 0.2) is 48.5 Å². The highest BCUT2D eigenvalue weighted by Crippen LogP contribution is 2.46. The molecule has 0 aliphatic heterocycles. The summed E-state index contributed by atoms with van der Waals surface area (Å²) in [6.45, 7) is 0. The highest BCUT2D eigenvalue weighted by Gasteiger charge is 2.26. The van der Waals surface area contributed by atoms with Gasteiger partial charge in [0.2, 0.25) is 0 Å². The molecule has 21 heavy (non-hydrogen) atoms. The Bertz CT molecular complexity index is 689. The van der Waals surface area contributed by atoms with Crippen LogP contribution in [-0.2, 0) is 4.79 Å². The van der Waals surface area contributed by atoms with Gasteiger partial charge in [0.15, 0.2) is 0 Å². The van der Waals surface area contributed by atoms with Gasteiger partial charge in [0.05, 0.1) is 0 Å². The van der Waals surface area contributed by atoms with Gasteiger partial charge in [-0.25, -0.2) is 4.79 Å². The largest absolute Gasteiger partial charge is 0.472 e. The zero-order valence-electron chi connectivity index (χ0n) is 11.7. The summed E-state index contributed by atoms with van der Waals surface area (Å²) in [5.41, 5.74) is 5.42. The number of unbranched alkanes of at least 4 members (excludes halogenated alkanes) is 1. The molecular weight excluding hydrogens is 260 g/mol. The molecule has 0 saturated heterocycles. The van der Waals surface area contributed by atoms with E-state index in [0.29, 0.717) is 12.3 Å². The summed E-state index contributed by atoms with van der Waals surface area (Å²) in [5, 5.41) is 8.51. The van der Waals surface area contributed by atoms with E-state index in [4.69, 9.17) is 5.11 Å². The van der Waals surface area contributed by atoms with Crippen LogP contribution in [0.1, 0.15) is 36.3 Å². The first-order valence-corrected chi connectivity index (χ1v) is 7.17. The summed E-state index contributed by atoms with van der Waals surface area (Å²) in [5.74, 6) is 4.24. The topological polar surface area (TPSA) is 37.3 Å². The number of carbonyl (C=O) groups is 1. The molecule has 3 rings (SSSR count). The molecule has 0 aromatic heterocycles. The first kappa shape index (κ1) is 13.5. The minimum atomic E-state index is -1.05. The van der Waals surface area contributed by atoms with Crippen LogP contribution >= 0.6 is 0 Å². The van der Waals surface area contributed by atoms with Crippen molar-refractivity contribution < 1.29 is 9.90 Å². The Morgan fingerprint density at radius 1 is 1.00 bits per heavy atom. The molecule has 0 bridgehead atoms. The lowest BCUT2D eigenvalue weighted by Crippen LogP contribution is -1.96. The van der Waals surface area contributed by atoms with Crippen molar-refractivity contribution in [3.05, 3.63) is 59.7 Å². The standard InChI is InChI=1S/C19H16O2/c20-19(21)13-3-1-2-8-14-15-9-4-6-11-17(15)18-12-7-5-10-16(14)18/h4-7,9-12,14H,1-2,8H2,(H,20,21). The van der Waals surface area contributed by atoms with Gasteiger partial charge in [-0.15, -0.1) is 0 Å². The highest BCUT2D eigenvalue weighted by atomic mass is 16.4. The molecule has 104 valence electrons. The fourth-order valence-corrected chi connectivity index (χ4v) is 3.10. The van der Waals surface area contributed by atoms with E-state index < -0.39 is 5.97 Å². The van der Waals surface area contributed by atoms with Crippen LogP contribution in [0.25, 0.3) is 11.1 Å². The Kier molecular flexibility index (Phi) is 3.75. The van der Waals surface area contributed by atoms with E-state index in [9.17, 15) is 4.79 Å². The molecule has 2 aromatic carbocycles. The van der Waals surface area contributed by atoms with E-state index in [2.05, 4.69) is 60.4 Å². The lowest BCUT2D eigenvalue weighted by molar-refractivity contribution is -0.130. The van der Waals surface area contributed by atoms with Crippen molar-refractivity contribution in [1.82, 2.24) is 0 Å². The molecular formula is C19H16O2. The van der Waals surface area contributed by atoms with Gasteiger partial charge in [0.1, 0.15) is 0 Å². The maximum absolute atomic E-state index is 10.4. The first-order chi connectivity index (χ1) is 10.3. The summed E-state index contributed by atoms with van der Waals surface area (Å²) < 4.78 is 0. The number of carboxylic acid groups (broad SMARTS) is 1. The van der Waals surface area contributed by atoms with Crippen molar-refractivity contribution in [2.24, 2.45) is 0 Å². The normalized spacial score (nSPS) is 12.2. The van der Waals surface area contributed by atoms with E-state index in [0.717, 1.165) is 12.8 Å². The quantitative estimate of drug-likeness (QED) is 0.678. The highest BCUT2D eigenvalue weighted by molar-refractivity contribution is 5.86. The van der Waals surface area contributed by atoms with E-state index in [1.807, 2.05) is 0 Å². The van der Waals surface area contributed by atoms with Crippen LogP contribution in [0.5, 0.6) is 0 Å². The van der Waals surface area contributed by atoms with Crippen LogP contribution in [0.2, 0.25) is 0 Å². The smallest absolute Gasteiger partial charge is 0.381 e. The summed E-state index contributed by atoms with van der Waals surface area (Å²) in [6.07, 6.45) is 2.54. The molecule has 1 aliphatic rings. The Morgan fingerprint density at radius 2 is 1.57 bits per heavy atom. The molecule has 0 unspecified atom stereocenters. The second-order valence-corrected chi connectivity index (χ2v) is 5.23. The average Bonchev–Trinajstić information content (AvgIpc) is 2.81. The molecule has 2 heteroatoms. The second kappa shape index (κ2) is 5.85. The third kappa shape index (κ3) is 2.68. The fraction of sp³-hybridized carbons (Fsp3) is 0.211. The lowest BCUT2D eigenvalue weighted by Gasteiger charge is -2.12. The van der Waals surface area contributed by atoms with Crippen LogP contribution < -0.4 is 0 Å². The minimum absolute atomic E-state index is 0.407. The number of carboxylic acids is 1. The van der Waals surface area contributed by atoms with E-state index in [1.54, 1.807) is 0 Å². The molecule has 0 amide bonds. The predicted molar refractivity (Wildman–Crippen MR) is 83.0 cm³/mol. The maximum Gasteiger partial charge on any atom is 0.381 e. The van der Waals surface area contributed by atoms with Gasteiger partial charge >= 0.3 is 5.97 Å². The monoisotopic (exact) mass is 276 g/mol. The second-order valence-electron chi connectivity index (χ2n) is 5.23. The molecule has 1 aliphatic carbocycles. The van der Waals surface area contributed by atoms with Gasteiger partial charge in [0.25, 0.3) is 0 Å². The lowest BCUT2D eigenvalue weighted by atomic mass is 9.92. The van der Waals surface area contributed by atoms with Gasteiger partial charge in [-0.2, -0.15) is 0 Å². The van der Waals surface area contributed by atoms with Gasteiger partial charge in [0, 0.05) is 18.3 Å². The number of hydrogen-bond donors (Lipinski definition) is 1. The number of hydrogen-bond acceptors (Lipinski definition) is 1. The average molecular weight is 276 g/mol. The van der Waals surface area contributed by atoms with E-state index in [1.165, 1.54) is 22.3 Å². The zero-order valence-corrected chi connectivity index (χ0v) is 11.7. The van der Waals surface area contributed by atoms with Crippen molar-refractivity contribution in [1.29, 1.82) is 0 Å². The van der Waals surface area contributed by atoms with Gasteiger partial charge in [-0.05, 0) is 35.1 Å². The molecule has 0 heterocycles. The Hall–Kier alpha value is -2.53. The molecule has 2 aromatic rings. The molecule has 0 spiro atoms. The van der Waals surface area contributed by atoms with Crippen LogP contribution in [0.3, 0.4) is 0 Å². The van der Waals surface area contributed by atoms with Crippen LogP contribution in [0, 0.1) is 11.8 Å². The molecule has 0 saturated carbocycles. The van der Waals surface area contributed by atoms with Gasteiger partial charge in [-0.3, -0.25) is 0 Å². The Morgan fingerprint density at radius 3 is 2.14 bits per heavy atom. The predicted octanol–water partition coefficient (Wildman–Crippen LogP) is 4.06.